The highest BCUT2D eigenvalue weighted by molar-refractivity contribution is 9.10. The third-order valence-electron chi connectivity index (χ3n) is 3.26. The summed E-state index contributed by atoms with van der Waals surface area (Å²) >= 11 is 3.30. The molecule has 0 saturated carbocycles. The second-order valence-electron chi connectivity index (χ2n) is 4.74. The fourth-order valence-corrected chi connectivity index (χ4v) is 3.65. The Hall–Kier alpha value is -2.06. The van der Waals surface area contributed by atoms with Crippen molar-refractivity contribution in [2.75, 3.05) is 25.1 Å². The fraction of sp³-hybridized carbons (Fsp3) is 0.188. The lowest BCUT2D eigenvalue weighted by Gasteiger charge is -2.23. The molecule has 0 aliphatic heterocycles. The molecule has 0 aliphatic carbocycles. The van der Waals surface area contributed by atoms with Gasteiger partial charge in [-0.25, -0.2) is 8.42 Å². The molecule has 0 N–H and O–H groups in total. The molecule has 0 fully saturated rings. The van der Waals surface area contributed by atoms with Gasteiger partial charge in [0.1, 0.15) is 12.3 Å². The summed E-state index contributed by atoms with van der Waals surface area (Å²) in [4.78, 5) is 11.7. The zero-order valence-electron chi connectivity index (χ0n) is 13.1. The number of esters is 1. The molecule has 0 amide bonds. The second-order valence-corrected chi connectivity index (χ2v) is 7.52. The highest BCUT2D eigenvalue weighted by Crippen LogP contribution is 2.26. The third kappa shape index (κ3) is 4.07. The molecular weight excluding hydrogens is 398 g/mol. The van der Waals surface area contributed by atoms with E-state index in [1.165, 1.54) is 26.4 Å². The van der Waals surface area contributed by atoms with Gasteiger partial charge < -0.3 is 9.47 Å². The average molecular weight is 414 g/mol. The SMILES string of the molecule is COC(=O)CN(c1ccc(Br)cc1)S(=O)(=O)c1ccc(OC)cc1. The summed E-state index contributed by atoms with van der Waals surface area (Å²) in [6.07, 6.45) is 0. The number of methoxy groups -OCH3 is 2. The Bertz CT molecular complexity index is 803. The Balaban J connectivity index is 2.47. The number of halogens is 1. The summed E-state index contributed by atoms with van der Waals surface area (Å²) in [7, 11) is -1.23. The van der Waals surface area contributed by atoms with Crippen molar-refractivity contribution in [2.24, 2.45) is 0 Å². The van der Waals surface area contributed by atoms with Crippen molar-refractivity contribution in [1.29, 1.82) is 0 Å². The summed E-state index contributed by atoms with van der Waals surface area (Å²) in [5.41, 5.74) is 0.361. The van der Waals surface area contributed by atoms with Crippen molar-refractivity contribution in [3.63, 3.8) is 0 Å². The lowest BCUT2D eigenvalue weighted by atomic mass is 10.3. The van der Waals surface area contributed by atoms with Crippen LogP contribution in [-0.2, 0) is 19.6 Å². The van der Waals surface area contributed by atoms with Gasteiger partial charge in [0.15, 0.2) is 0 Å². The molecule has 128 valence electrons. The monoisotopic (exact) mass is 413 g/mol. The average Bonchev–Trinajstić information content (AvgIpc) is 2.60. The van der Waals surface area contributed by atoms with Crippen LogP contribution >= 0.6 is 15.9 Å². The fourth-order valence-electron chi connectivity index (χ4n) is 1.98. The van der Waals surface area contributed by atoms with Crippen molar-refractivity contribution < 1.29 is 22.7 Å². The number of sulfonamides is 1. The van der Waals surface area contributed by atoms with Crippen LogP contribution in [-0.4, -0.2) is 35.2 Å². The third-order valence-corrected chi connectivity index (χ3v) is 5.58. The lowest BCUT2D eigenvalue weighted by Crippen LogP contribution is -2.36. The van der Waals surface area contributed by atoms with Crippen molar-refractivity contribution >= 4 is 37.6 Å². The number of ether oxygens (including phenoxy) is 2. The van der Waals surface area contributed by atoms with Crippen LogP contribution in [0, 0.1) is 0 Å². The predicted octanol–water partition coefficient (Wildman–Crippen LogP) is 2.83. The maximum Gasteiger partial charge on any atom is 0.326 e. The van der Waals surface area contributed by atoms with E-state index in [0.717, 1.165) is 8.78 Å². The molecule has 0 saturated heterocycles. The van der Waals surface area contributed by atoms with E-state index in [-0.39, 0.29) is 4.90 Å². The molecule has 0 unspecified atom stereocenters. The minimum Gasteiger partial charge on any atom is -0.497 e. The molecule has 0 radical (unpaired) electrons. The highest BCUT2D eigenvalue weighted by atomic mass is 79.9. The summed E-state index contributed by atoms with van der Waals surface area (Å²) in [5, 5.41) is 0. The first-order valence-electron chi connectivity index (χ1n) is 6.87. The largest absolute Gasteiger partial charge is 0.497 e. The van der Waals surface area contributed by atoms with E-state index in [9.17, 15) is 13.2 Å². The molecule has 0 spiro atoms. The second kappa shape index (κ2) is 7.67. The Morgan fingerprint density at radius 3 is 2.12 bits per heavy atom. The van der Waals surface area contributed by atoms with Crippen molar-refractivity contribution in [1.82, 2.24) is 0 Å². The molecule has 24 heavy (non-hydrogen) atoms. The van der Waals surface area contributed by atoms with Crippen LogP contribution in [0.25, 0.3) is 0 Å². The quantitative estimate of drug-likeness (QED) is 0.680. The van der Waals surface area contributed by atoms with Crippen molar-refractivity contribution in [2.45, 2.75) is 4.90 Å². The summed E-state index contributed by atoms with van der Waals surface area (Å²) in [5.74, 6) is -0.118. The molecular formula is C16H16BrNO5S. The van der Waals surface area contributed by atoms with E-state index >= 15 is 0 Å². The van der Waals surface area contributed by atoms with E-state index in [2.05, 4.69) is 20.7 Å². The molecule has 0 aliphatic rings. The standard InChI is InChI=1S/C16H16BrNO5S/c1-22-14-7-9-15(10-8-14)24(20,21)18(11-16(19)23-2)13-5-3-12(17)4-6-13/h3-10H,11H2,1-2H3. The summed E-state index contributed by atoms with van der Waals surface area (Å²) in [6.45, 7) is -0.424. The molecule has 2 rings (SSSR count). The molecule has 0 atom stereocenters. The van der Waals surface area contributed by atoms with Gasteiger partial charge in [-0.05, 0) is 48.5 Å². The summed E-state index contributed by atoms with van der Waals surface area (Å²) in [6, 6.07) is 12.6. The first-order chi connectivity index (χ1) is 11.4. The van der Waals surface area contributed by atoms with Gasteiger partial charge in [-0.1, -0.05) is 15.9 Å². The maximum absolute atomic E-state index is 12.9. The zero-order valence-corrected chi connectivity index (χ0v) is 15.5. The first kappa shape index (κ1) is 18.3. The van der Waals surface area contributed by atoms with E-state index in [1.807, 2.05) is 0 Å². The van der Waals surface area contributed by atoms with Crippen LogP contribution in [0.3, 0.4) is 0 Å². The van der Waals surface area contributed by atoms with Gasteiger partial charge >= 0.3 is 5.97 Å². The highest BCUT2D eigenvalue weighted by Gasteiger charge is 2.27. The van der Waals surface area contributed by atoms with Crippen molar-refractivity contribution in [3.8, 4) is 5.75 Å². The number of rotatable bonds is 6. The number of hydrogen-bond donors (Lipinski definition) is 0. The first-order valence-corrected chi connectivity index (χ1v) is 9.11. The number of benzene rings is 2. The van der Waals surface area contributed by atoms with E-state index in [1.54, 1.807) is 36.4 Å². The molecule has 0 heterocycles. The molecule has 0 aromatic heterocycles. The van der Waals surface area contributed by atoms with Crippen molar-refractivity contribution in [3.05, 3.63) is 53.0 Å². The molecule has 8 heteroatoms. The molecule has 6 nitrogen and oxygen atoms in total. The Kier molecular flexibility index (Phi) is 5.84. The Morgan fingerprint density at radius 2 is 1.62 bits per heavy atom. The van der Waals surface area contributed by atoms with Gasteiger partial charge in [-0.2, -0.15) is 0 Å². The van der Waals surface area contributed by atoms with E-state index in [0.29, 0.717) is 11.4 Å². The Labute approximate surface area is 149 Å². The van der Waals surface area contributed by atoms with Crippen LogP contribution in [0.1, 0.15) is 0 Å². The molecule has 2 aromatic rings. The predicted molar refractivity (Wildman–Crippen MR) is 93.7 cm³/mol. The van der Waals surface area contributed by atoms with Gasteiger partial charge in [0, 0.05) is 4.47 Å². The van der Waals surface area contributed by atoms with E-state index < -0.39 is 22.5 Å². The van der Waals surface area contributed by atoms with Gasteiger partial charge in [-0.15, -0.1) is 0 Å². The maximum atomic E-state index is 12.9. The summed E-state index contributed by atoms with van der Waals surface area (Å²) < 4.78 is 37.3. The van der Waals surface area contributed by atoms with E-state index in [4.69, 9.17) is 4.74 Å². The number of carbonyl (C=O) groups excluding carboxylic acids is 1. The number of nitrogens with zero attached hydrogens (tertiary/aromatic N) is 1. The minimum atomic E-state index is -3.94. The van der Waals surface area contributed by atoms with Gasteiger partial charge in [0.2, 0.25) is 0 Å². The topological polar surface area (TPSA) is 72.9 Å². The van der Waals surface area contributed by atoms with Gasteiger partial charge in [0.05, 0.1) is 24.8 Å². The number of anilines is 1. The Morgan fingerprint density at radius 1 is 1.04 bits per heavy atom. The number of hydrogen-bond acceptors (Lipinski definition) is 5. The lowest BCUT2D eigenvalue weighted by molar-refractivity contribution is -0.138. The zero-order chi connectivity index (χ0) is 17.7. The smallest absolute Gasteiger partial charge is 0.326 e. The van der Waals surface area contributed by atoms with Gasteiger partial charge in [0.25, 0.3) is 10.0 Å². The van der Waals surface area contributed by atoms with Crippen LogP contribution in [0.2, 0.25) is 0 Å². The van der Waals surface area contributed by atoms with Crippen LogP contribution in [0.4, 0.5) is 5.69 Å². The molecule has 0 bridgehead atoms. The van der Waals surface area contributed by atoms with Crippen LogP contribution in [0.15, 0.2) is 57.9 Å². The minimum absolute atomic E-state index is 0.0510. The number of carbonyl (C=O) groups is 1. The normalized spacial score (nSPS) is 11.0. The van der Waals surface area contributed by atoms with Crippen LogP contribution < -0.4 is 9.04 Å². The van der Waals surface area contributed by atoms with Gasteiger partial charge in [-0.3, -0.25) is 9.10 Å². The van der Waals surface area contributed by atoms with Crippen LogP contribution in [0.5, 0.6) is 5.75 Å². The molecule has 2 aromatic carbocycles.